The van der Waals surface area contributed by atoms with Gasteiger partial charge in [-0.3, -0.25) is 4.79 Å². The van der Waals surface area contributed by atoms with Crippen LogP contribution in [-0.4, -0.2) is 22.7 Å². The minimum absolute atomic E-state index is 0.195. The lowest BCUT2D eigenvalue weighted by Gasteiger charge is -2.07. The summed E-state index contributed by atoms with van der Waals surface area (Å²) in [5.74, 6) is 0.252. The maximum absolute atomic E-state index is 11.9. The maximum atomic E-state index is 11.9. The highest BCUT2D eigenvalue weighted by Gasteiger charge is 2.12. The van der Waals surface area contributed by atoms with Gasteiger partial charge in [-0.05, 0) is 30.2 Å². The Morgan fingerprint density at radius 1 is 1.48 bits per heavy atom. The molecule has 2 aromatic rings. The van der Waals surface area contributed by atoms with Crippen LogP contribution >= 0.6 is 22.9 Å². The monoisotopic (exact) mass is 322 g/mol. The van der Waals surface area contributed by atoms with E-state index in [1.54, 1.807) is 24.3 Å². The summed E-state index contributed by atoms with van der Waals surface area (Å²) in [6, 6.07) is 9.04. The number of carbonyl (C=O) groups is 1. The van der Waals surface area contributed by atoms with E-state index in [2.05, 4.69) is 21.6 Å². The van der Waals surface area contributed by atoms with E-state index in [9.17, 15) is 4.79 Å². The Kier molecular flexibility index (Phi) is 5.49. The molecular weight excluding hydrogens is 312 g/mol. The number of nitrogens with zero attached hydrogens (tertiary/aromatic N) is 3. The maximum Gasteiger partial charge on any atom is 0.286 e. The van der Waals surface area contributed by atoms with Crippen molar-refractivity contribution in [2.45, 2.75) is 12.8 Å². The van der Waals surface area contributed by atoms with Gasteiger partial charge in [0.1, 0.15) is 5.75 Å². The van der Waals surface area contributed by atoms with Gasteiger partial charge in [0.05, 0.1) is 12.7 Å². The largest absolute Gasteiger partial charge is 0.493 e. The van der Waals surface area contributed by atoms with Gasteiger partial charge in [-0.15, -0.1) is 10.2 Å². The van der Waals surface area contributed by atoms with Crippen molar-refractivity contribution in [2.24, 2.45) is 0 Å². The fourth-order valence-electron chi connectivity index (χ4n) is 1.49. The third kappa shape index (κ3) is 4.70. The van der Waals surface area contributed by atoms with E-state index in [1.165, 1.54) is 0 Å². The summed E-state index contributed by atoms with van der Waals surface area (Å²) in [7, 11) is 0. The first-order valence-corrected chi connectivity index (χ1v) is 7.28. The molecule has 1 N–H and O–H groups in total. The summed E-state index contributed by atoms with van der Waals surface area (Å²) in [5.41, 5.74) is 0.587. The molecule has 1 aromatic heterocycles. The molecule has 1 aromatic carbocycles. The number of nitriles is 1. The van der Waals surface area contributed by atoms with E-state index in [1.807, 2.05) is 0 Å². The van der Waals surface area contributed by atoms with Crippen molar-refractivity contribution in [3.8, 4) is 11.8 Å². The van der Waals surface area contributed by atoms with Crippen LogP contribution in [0.4, 0.5) is 5.69 Å². The Hall–Kier alpha value is -2.17. The van der Waals surface area contributed by atoms with Gasteiger partial charge in [0.25, 0.3) is 5.91 Å². The molecule has 8 heteroatoms. The van der Waals surface area contributed by atoms with Crippen LogP contribution in [0.25, 0.3) is 0 Å². The molecule has 0 spiro atoms. The molecule has 0 saturated heterocycles. The third-order valence-electron chi connectivity index (χ3n) is 2.39. The molecule has 1 heterocycles. The molecule has 1 amide bonds. The standard InChI is InChI=1S/C13H11ClN4O2S/c14-13-18-17-12(21-13)11(19)16-9-4-3-5-10(8-9)20-7-2-1-6-15/h3-5,8H,1-2,7H2,(H,16,19). The molecule has 0 aliphatic rings. The molecule has 0 saturated carbocycles. The summed E-state index contributed by atoms with van der Waals surface area (Å²) >= 11 is 6.65. The van der Waals surface area contributed by atoms with Crippen LogP contribution in [0.1, 0.15) is 22.6 Å². The number of halogens is 1. The van der Waals surface area contributed by atoms with Gasteiger partial charge in [-0.25, -0.2) is 0 Å². The average molecular weight is 323 g/mol. The number of nitrogens with one attached hydrogen (secondary N) is 1. The zero-order chi connectivity index (χ0) is 15.1. The number of rotatable bonds is 6. The number of carbonyl (C=O) groups excluding carboxylic acids is 1. The topological polar surface area (TPSA) is 87.9 Å². The van der Waals surface area contributed by atoms with Gasteiger partial charge in [-0.2, -0.15) is 5.26 Å². The van der Waals surface area contributed by atoms with E-state index < -0.39 is 0 Å². The Balaban J connectivity index is 1.94. The summed E-state index contributed by atoms with van der Waals surface area (Å²) in [5, 5.41) is 18.6. The molecule has 0 aliphatic carbocycles. The molecule has 0 radical (unpaired) electrons. The summed E-state index contributed by atoms with van der Waals surface area (Å²) in [6.07, 6.45) is 1.12. The van der Waals surface area contributed by atoms with Crippen LogP contribution in [-0.2, 0) is 0 Å². The first-order chi connectivity index (χ1) is 10.2. The van der Waals surface area contributed by atoms with Crippen LogP contribution in [0.15, 0.2) is 24.3 Å². The van der Waals surface area contributed by atoms with Crippen molar-refractivity contribution in [3.63, 3.8) is 0 Å². The van der Waals surface area contributed by atoms with Crippen molar-refractivity contribution >= 4 is 34.5 Å². The van der Waals surface area contributed by atoms with Crippen molar-refractivity contribution in [2.75, 3.05) is 11.9 Å². The number of anilines is 1. The van der Waals surface area contributed by atoms with E-state index in [4.69, 9.17) is 21.6 Å². The lowest BCUT2D eigenvalue weighted by molar-refractivity contribution is 0.102. The molecule has 108 valence electrons. The minimum Gasteiger partial charge on any atom is -0.493 e. The van der Waals surface area contributed by atoms with Crippen molar-refractivity contribution in [3.05, 3.63) is 33.7 Å². The number of aromatic nitrogens is 2. The van der Waals surface area contributed by atoms with Crippen LogP contribution in [0, 0.1) is 11.3 Å². The van der Waals surface area contributed by atoms with E-state index >= 15 is 0 Å². The Morgan fingerprint density at radius 3 is 3.05 bits per heavy atom. The molecule has 0 atom stereocenters. The molecule has 0 fully saturated rings. The van der Waals surface area contributed by atoms with Crippen LogP contribution in [0.5, 0.6) is 5.75 Å². The van der Waals surface area contributed by atoms with Gasteiger partial charge >= 0.3 is 0 Å². The first-order valence-electron chi connectivity index (χ1n) is 6.09. The number of unbranched alkanes of at least 4 members (excludes halogenated alkanes) is 1. The second-order valence-electron chi connectivity index (χ2n) is 3.95. The zero-order valence-corrected chi connectivity index (χ0v) is 12.4. The van der Waals surface area contributed by atoms with Crippen molar-refractivity contribution in [1.29, 1.82) is 5.26 Å². The molecule has 6 nitrogen and oxygen atoms in total. The fraction of sp³-hybridized carbons (Fsp3) is 0.231. The highest BCUT2D eigenvalue weighted by molar-refractivity contribution is 7.17. The number of hydrogen-bond donors (Lipinski definition) is 1. The SMILES string of the molecule is N#CCCCOc1cccc(NC(=O)c2nnc(Cl)s2)c1. The molecule has 0 unspecified atom stereocenters. The van der Waals surface area contributed by atoms with Gasteiger partial charge in [0.2, 0.25) is 9.47 Å². The van der Waals surface area contributed by atoms with E-state index in [-0.39, 0.29) is 15.4 Å². The second kappa shape index (κ2) is 7.57. The van der Waals surface area contributed by atoms with E-state index in [0.717, 1.165) is 11.3 Å². The summed E-state index contributed by atoms with van der Waals surface area (Å²) < 4.78 is 5.71. The Morgan fingerprint density at radius 2 is 2.33 bits per heavy atom. The summed E-state index contributed by atoms with van der Waals surface area (Å²) in [4.78, 5) is 11.9. The number of amides is 1. The smallest absolute Gasteiger partial charge is 0.286 e. The molecule has 2 rings (SSSR count). The molecule has 0 aliphatic heterocycles. The highest BCUT2D eigenvalue weighted by Crippen LogP contribution is 2.20. The number of hydrogen-bond acceptors (Lipinski definition) is 6. The predicted molar refractivity (Wildman–Crippen MR) is 79.7 cm³/mol. The fourth-order valence-corrected chi connectivity index (χ4v) is 2.21. The number of benzene rings is 1. The lowest BCUT2D eigenvalue weighted by atomic mass is 10.3. The zero-order valence-electron chi connectivity index (χ0n) is 10.9. The van der Waals surface area contributed by atoms with Gasteiger partial charge < -0.3 is 10.1 Å². The highest BCUT2D eigenvalue weighted by atomic mass is 35.5. The van der Waals surface area contributed by atoms with Gasteiger partial charge in [0, 0.05) is 18.2 Å². The van der Waals surface area contributed by atoms with Gasteiger partial charge in [0.15, 0.2) is 0 Å². The van der Waals surface area contributed by atoms with Gasteiger partial charge in [-0.1, -0.05) is 17.4 Å². The van der Waals surface area contributed by atoms with Crippen LogP contribution in [0.2, 0.25) is 4.47 Å². The lowest BCUT2D eigenvalue weighted by Crippen LogP contribution is -2.11. The normalized spacial score (nSPS) is 9.90. The molecule has 0 bridgehead atoms. The Labute approximate surface area is 130 Å². The van der Waals surface area contributed by atoms with Crippen molar-refractivity contribution in [1.82, 2.24) is 10.2 Å². The Bertz CT molecular complexity index is 668. The quantitative estimate of drug-likeness (QED) is 0.825. The van der Waals surface area contributed by atoms with Crippen LogP contribution in [0.3, 0.4) is 0 Å². The van der Waals surface area contributed by atoms with E-state index in [0.29, 0.717) is 30.9 Å². The average Bonchev–Trinajstić information content (AvgIpc) is 2.91. The minimum atomic E-state index is -0.374. The predicted octanol–water partition coefficient (Wildman–Crippen LogP) is 3.13. The second-order valence-corrected chi connectivity index (χ2v) is 5.51. The van der Waals surface area contributed by atoms with Crippen LogP contribution < -0.4 is 10.1 Å². The molecule has 21 heavy (non-hydrogen) atoms. The summed E-state index contributed by atoms with van der Waals surface area (Å²) in [6.45, 7) is 0.455. The third-order valence-corrected chi connectivity index (χ3v) is 3.41. The first kappa shape index (κ1) is 15.2. The number of ether oxygens (including phenoxy) is 1. The van der Waals surface area contributed by atoms with Crippen molar-refractivity contribution < 1.29 is 9.53 Å². The molecular formula is C13H11ClN4O2S.